The third-order valence-corrected chi connectivity index (χ3v) is 4.00. The Labute approximate surface area is 106 Å². The van der Waals surface area contributed by atoms with E-state index >= 15 is 0 Å². The number of hydrogen-bond donors (Lipinski definition) is 2. The average Bonchev–Trinajstić information content (AvgIpc) is 2.29. The normalized spacial score (nSPS) is 24.6. The minimum Gasteiger partial charge on any atom is -0.396 e. The summed E-state index contributed by atoms with van der Waals surface area (Å²) in [5, 5.41) is 9.06. The van der Waals surface area contributed by atoms with Gasteiger partial charge in [-0.1, -0.05) is 13.3 Å². The number of aliphatic hydroxyl groups excluding tert-OH is 1. The molecule has 0 bridgehead atoms. The number of piperidine rings is 1. The molecule has 1 fully saturated rings. The maximum Gasteiger partial charge on any atom is 0.0445 e. The molecule has 1 heterocycles. The monoisotopic (exact) mass is 245 g/mol. The number of rotatable bonds is 7. The minimum atomic E-state index is 0.341. The lowest BCUT2D eigenvalue weighted by molar-refractivity contribution is 0.113. The zero-order chi connectivity index (χ0) is 11.8. The molecule has 2 unspecified atom stereocenters. The van der Waals surface area contributed by atoms with E-state index in [4.69, 9.17) is 5.11 Å². The van der Waals surface area contributed by atoms with Crippen LogP contribution in [-0.4, -0.2) is 41.5 Å². The van der Waals surface area contributed by atoms with Crippen LogP contribution in [0.2, 0.25) is 0 Å². The van der Waals surface area contributed by atoms with Crippen molar-refractivity contribution < 1.29 is 5.11 Å². The third kappa shape index (κ3) is 5.07. The highest BCUT2D eigenvalue weighted by molar-refractivity contribution is 7.80. The van der Waals surface area contributed by atoms with Crippen molar-refractivity contribution in [2.45, 2.75) is 51.5 Å². The Kier molecular flexibility index (Phi) is 7.50. The SMILES string of the molecule is CC(CCS)CCN1CCCCC1CCO. The van der Waals surface area contributed by atoms with Crippen LogP contribution in [0, 0.1) is 5.92 Å². The molecule has 16 heavy (non-hydrogen) atoms. The van der Waals surface area contributed by atoms with E-state index in [2.05, 4.69) is 24.5 Å². The molecule has 96 valence electrons. The summed E-state index contributed by atoms with van der Waals surface area (Å²) in [6.45, 7) is 5.10. The van der Waals surface area contributed by atoms with Crippen LogP contribution in [-0.2, 0) is 0 Å². The zero-order valence-corrected chi connectivity index (χ0v) is 11.5. The van der Waals surface area contributed by atoms with Gasteiger partial charge in [-0.15, -0.1) is 0 Å². The summed E-state index contributed by atoms with van der Waals surface area (Å²) in [6.07, 6.45) is 7.42. The molecule has 0 aromatic carbocycles. The van der Waals surface area contributed by atoms with E-state index in [9.17, 15) is 0 Å². The third-order valence-electron chi connectivity index (χ3n) is 3.74. The number of nitrogens with zero attached hydrogens (tertiary/aromatic N) is 1. The van der Waals surface area contributed by atoms with Gasteiger partial charge in [-0.25, -0.2) is 0 Å². The largest absolute Gasteiger partial charge is 0.396 e. The second-order valence-corrected chi connectivity index (χ2v) is 5.55. The fourth-order valence-electron chi connectivity index (χ4n) is 2.58. The summed E-state index contributed by atoms with van der Waals surface area (Å²) in [7, 11) is 0. The summed E-state index contributed by atoms with van der Waals surface area (Å²) in [4.78, 5) is 2.59. The molecule has 1 aliphatic heterocycles. The van der Waals surface area contributed by atoms with E-state index in [0.29, 0.717) is 12.6 Å². The Bertz CT molecular complexity index is 175. The first-order valence-corrected chi connectivity index (χ1v) is 7.37. The van der Waals surface area contributed by atoms with Crippen LogP contribution in [0.1, 0.15) is 45.4 Å². The van der Waals surface area contributed by atoms with Crippen molar-refractivity contribution in [2.75, 3.05) is 25.4 Å². The van der Waals surface area contributed by atoms with Crippen molar-refractivity contribution >= 4 is 12.6 Å². The lowest BCUT2D eigenvalue weighted by Crippen LogP contribution is -2.41. The van der Waals surface area contributed by atoms with Crippen LogP contribution >= 0.6 is 12.6 Å². The lowest BCUT2D eigenvalue weighted by atomic mass is 9.97. The van der Waals surface area contributed by atoms with Gasteiger partial charge in [0.15, 0.2) is 0 Å². The Morgan fingerprint density at radius 2 is 2.19 bits per heavy atom. The highest BCUT2D eigenvalue weighted by Crippen LogP contribution is 2.21. The van der Waals surface area contributed by atoms with Gasteiger partial charge in [0.2, 0.25) is 0 Å². The maximum absolute atomic E-state index is 9.06. The fourth-order valence-corrected chi connectivity index (χ4v) is 3.02. The van der Waals surface area contributed by atoms with Crippen LogP contribution in [0.15, 0.2) is 0 Å². The molecule has 0 spiro atoms. The Morgan fingerprint density at radius 3 is 2.88 bits per heavy atom. The molecule has 0 aromatic rings. The molecular formula is C13H27NOS. The topological polar surface area (TPSA) is 23.5 Å². The highest BCUT2D eigenvalue weighted by Gasteiger charge is 2.21. The standard InChI is InChI=1S/C13H27NOS/c1-12(7-11-16)5-9-14-8-3-2-4-13(14)6-10-15/h12-13,15-16H,2-11H2,1H3. The molecule has 1 saturated heterocycles. The van der Waals surface area contributed by atoms with Crippen molar-refractivity contribution in [2.24, 2.45) is 5.92 Å². The highest BCUT2D eigenvalue weighted by atomic mass is 32.1. The number of likely N-dealkylation sites (tertiary alicyclic amines) is 1. The summed E-state index contributed by atoms with van der Waals surface area (Å²) >= 11 is 4.28. The summed E-state index contributed by atoms with van der Waals surface area (Å²) in [5.41, 5.74) is 0. The summed E-state index contributed by atoms with van der Waals surface area (Å²) < 4.78 is 0. The number of thiol groups is 1. The molecule has 0 aromatic heterocycles. The first kappa shape index (κ1) is 14.3. The minimum absolute atomic E-state index is 0.341. The molecule has 0 amide bonds. The van der Waals surface area contributed by atoms with Crippen molar-refractivity contribution in [1.29, 1.82) is 0 Å². The van der Waals surface area contributed by atoms with E-state index in [1.54, 1.807) is 0 Å². The quantitative estimate of drug-likeness (QED) is 0.674. The molecule has 2 nitrogen and oxygen atoms in total. The van der Waals surface area contributed by atoms with Crippen molar-refractivity contribution in [3.8, 4) is 0 Å². The number of hydrogen-bond acceptors (Lipinski definition) is 3. The molecular weight excluding hydrogens is 218 g/mol. The number of aliphatic hydroxyl groups is 1. The molecule has 0 saturated carbocycles. The predicted molar refractivity (Wildman–Crippen MR) is 73.2 cm³/mol. The summed E-state index contributed by atoms with van der Waals surface area (Å²) in [6, 6.07) is 0.641. The Morgan fingerprint density at radius 1 is 1.38 bits per heavy atom. The van der Waals surface area contributed by atoms with Crippen LogP contribution in [0.25, 0.3) is 0 Å². The van der Waals surface area contributed by atoms with Crippen molar-refractivity contribution in [3.05, 3.63) is 0 Å². The van der Waals surface area contributed by atoms with Crippen LogP contribution in [0.5, 0.6) is 0 Å². The van der Waals surface area contributed by atoms with Crippen LogP contribution in [0.4, 0.5) is 0 Å². The fraction of sp³-hybridized carbons (Fsp3) is 1.00. The van der Waals surface area contributed by atoms with E-state index in [0.717, 1.165) is 18.1 Å². The first-order valence-electron chi connectivity index (χ1n) is 6.73. The van der Waals surface area contributed by atoms with Crippen molar-refractivity contribution in [1.82, 2.24) is 4.90 Å². The lowest BCUT2D eigenvalue weighted by Gasteiger charge is -2.36. The summed E-state index contributed by atoms with van der Waals surface area (Å²) in [5.74, 6) is 1.79. The Balaban J connectivity index is 2.26. The van der Waals surface area contributed by atoms with Crippen LogP contribution < -0.4 is 0 Å². The van der Waals surface area contributed by atoms with Gasteiger partial charge in [-0.05, 0) is 56.9 Å². The van der Waals surface area contributed by atoms with Gasteiger partial charge >= 0.3 is 0 Å². The molecule has 1 aliphatic rings. The van der Waals surface area contributed by atoms with Gasteiger partial charge in [0, 0.05) is 12.6 Å². The molecule has 2 atom stereocenters. The Hall–Kier alpha value is 0.270. The van der Waals surface area contributed by atoms with E-state index in [-0.39, 0.29) is 0 Å². The van der Waals surface area contributed by atoms with E-state index in [1.165, 1.54) is 45.2 Å². The molecule has 1 rings (SSSR count). The van der Waals surface area contributed by atoms with E-state index < -0.39 is 0 Å². The molecule has 0 aliphatic carbocycles. The second kappa shape index (κ2) is 8.37. The van der Waals surface area contributed by atoms with Crippen LogP contribution in [0.3, 0.4) is 0 Å². The average molecular weight is 245 g/mol. The van der Waals surface area contributed by atoms with Gasteiger partial charge in [0.05, 0.1) is 0 Å². The van der Waals surface area contributed by atoms with E-state index in [1.807, 2.05) is 0 Å². The molecule has 3 heteroatoms. The van der Waals surface area contributed by atoms with Gasteiger partial charge in [-0.2, -0.15) is 12.6 Å². The van der Waals surface area contributed by atoms with Gasteiger partial charge < -0.3 is 10.0 Å². The molecule has 0 radical (unpaired) electrons. The van der Waals surface area contributed by atoms with Gasteiger partial charge in [-0.3, -0.25) is 0 Å². The predicted octanol–water partition coefficient (Wildman–Crippen LogP) is 2.57. The molecule has 1 N–H and O–H groups in total. The van der Waals surface area contributed by atoms with Gasteiger partial charge in [0.1, 0.15) is 0 Å². The zero-order valence-electron chi connectivity index (χ0n) is 10.6. The maximum atomic E-state index is 9.06. The van der Waals surface area contributed by atoms with Gasteiger partial charge in [0.25, 0.3) is 0 Å². The smallest absolute Gasteiger partial charge is 0.0445 e. The second-order valence-electron chi connectivity index (χ2n) is 5.10. The van der Waals surface area contributed by atoms with Crippen molar-refractivity contribution in [3.63, 3.8) is 0 Å². The first-order chi connectivity index (χ1) is 7.77.